The Morgan fingerprint density at radius 1 is 1.11 bits per heavy atom. The molecule has 1 aliphatic rings. The number of hydrogen-bond donors (Lipinski definition) is 3. The molecule has 9 heteroatoms. The third kappa shape index (κ3) is 8.29. The van der Waals surface area contributed by atoms with Crippen LogP contribution in [-0.2, 0) is 11.3 Å². The van der Waals surface area contributed by atoms with E-state index in [9.17, 15) is 14.4 Å². The third-order valence-electron chi connectivity index (χ3n) is 9.87. The number of carbonyl (C=O) groups is 2. The summed E-state index contributed by atoms with van der Waals surface area (Å²) in [6.45, 7) is 18.1. The van der Waals surface area contributed by atoms with Crippen LogP contribution in [0, 0.1) is 25.7 Å². The van der Waals surface area contributed by atoms with Gasteiger partial charge in [-0.05, 0) is 77.1 Å². The molecule has 0 bridgehead atoms. The summed E-state index contributed by atoms with van der Waals surface area (Å²) in [7, 11) is 1.52. The number of nitrogens with one attached hydrogen (secondary N) is 3. The molecule has 3 heterocycles. The van der Waals surface area contributed by atoms with Crippen molar-refractivity contribution in [2.75, 3.05) is 33.3 Å². The molecule has 46 heavy (non-hydrogen) atoms. The summed E-state index contributed by atoms with van der Waals surface area (Å²) >= 11 is 0. The molecule has 2 aromatic heterocycles. The van der Waals surface area contributed by atoms with E-state index >= 15 is 0 Å². The summed E-state index contributed by atoms with van der Waals surface area (Å²) in [6, 6.07) is 10.0. The van der Waals surface area contributed by atoms with Crippen molar-refractivity contribution in [3.63, 3.8) is 0 Å². The summed E-state index contributed by atoms with van der Waals surface area (Å²) in [6.07, 6.45) is 5.68. The lowest BCUT2D eigenvalue weighted by molar-refractivity contribution is -0.120. The van der Waals surface area contributed by atoms with Crippen LogP contribution in [0.15, 0.2) is 47.3 Å². The van der Waals surface area contributed by atoms with Crippen molar-refractivity contribution in [1.82, 2.24) is 25.1 Å². The number of rotatable bonds is 15. The monoisotopic (exact) mass is 631 g/mol. The van der Waals surface area contributed by atoms with E-state index in [1.54, 1.807) is 13.0 Å². The number of H-pyrrole nitrogens is 1. The number of pyridine rings is 1. The van der Waals surface area contributed by atoms with Crippen LogP contribution in [0.2, 0.25) is 0 Å². The fraction of sp³-hybridized carbons (Fsp3) is 0.541. The van der Waals surface area contributed by atoms with Gasteiger partial charge in [-0.1, -0.05) is 57.0 Å². The summed E-state index contributed by atoms with van der Waals surface area (Å²) in [5.41, 5.74) is 4.46. The van der Waals surface area contributed by atoms with Crippen molar-refractivity contribution in [2.24, 2.45) is 11.8 Å². The van der Waals surface area contributed by atoms with Crippen LogP contribution >= 0.6 is 0 Å². The normalized spacial score (nSPS) is 14.8. The molecular weight excluding hydrogens is 578 g/mol. The first kappa shape index (κ1) is 35.0. The fourth-order valence-electron chi connectivity index (χ4n) is 7.07. The van der Waals surface area contributed by atoms with Crippen molar-refractivity contribution in [2.45, 2.75) is 85.7 Å². The minimum absolute atomic E-state index is 0.0674. The van der Waals surface area contributed by atoms with Gasteiger partial charge in [-0.15, -0.1) is 0 Å². The zero-order chi connectivity index (χ0) is 33.4. The maximum atomic E-state index is 13.6. The molecule has 3 N–H and O–H groups in total. The Morgan fingerprint density at radius 2 is 1.80 bits per heavy atom. The zero-order valence-electron chi connectivity index (χ0n) is 28.6. The second kappa shape index (κ2) is 16.1. The number of fused-ring (bicyclic) bond motifs is 1. The van der Waals surface area contributed by atoms with E-state index in [2.05, 4.69) is 58.5 Å². The van der Waals surface area contributed by atoms with Crippen molar-refractivity contribution < 1.29 is 14.3 Å². The average Bonchev–Trinajstić information content (AvgIpc) is 3.34. The maximum Gasteiger partial charge on any atom is 0.256 e. The van der Waals surface area contributed by atoms with Crippen molar-refractivity contribution in [1.29, 1.82) is 0 Å². The highest BCUT2D eigenvalue weighted by molar-refractivity contribution is 6.08. The minimum Gasteiger partial charge on any atom is -0.496 e. The van der Waals surface area contributed by atoms with Crippen molar-refractivity contribution in [3.8, 4) is 5.75 Å². The van der Waals surface area contributed by atoms with Gasteiger partial charge in [-0.2, -0.15) is 0 Å². The van der Waals surface area contributed by atoms with Gasteiger partial charge in [0.05, 0.1) is 24.8 Å². The Bertz CT molecular complexity index is 1580. The SMILES string of the molecule is C=C(CC(=O)NCCN1CCC([C@H](C)n2c(C)c(C(=O)NCc3c(OC)cc(C)[nH]c3=O)c3ccccc32)CC1)CC(CC)CC. The lowest BCUT2D eigenvalue weighted by atomic mass is 9.90. The van der Waals surface area contributed by atoms with E-state index in [-0.39, 0.29) is 30.0 Å². The lowest BCUT2D eigenvalue weighted by Gasteiger charge is -2.36. The van der Waals surface area contributed by atoms with Gasteiger partial charge in [-0.3, -0.25) is 14.4 Å². The smallest absolute Gasteiger partial charge is 0.256 e. The molecular formula is C37H53N5O4. The van der Waals surface area contributed by atoms with Gasteiger partial charge in [0.1, 0.15) is 5.75 Å². The van der Waals surface area contributed by atoms with Gasteiger partial charge in [-0.25, -0.2) is 0 Å². The maximum absolute atomic E-state index is 13.6. The molecule has 1 saturated heterocycles. The van der Waals surface area contributed by atoms with Gasteiger partial charge in [0.2, 0.25) is 5.91 Å². The second-order valence-corrected chi connectivity index (χ2v) is 12.9. The Hall–Kier alpha value is -3.85. The molecule has 1 aliphatic heterocycles. The van der Waals surface area contributed by atoms with E-state index in [0.29, 0.717) is 47.4 Å². The molecule has 0 spiro atoms. The number of aromatic nitrogens is 2. The number of carbonyl (C=O) groups excluding carboxylic acids is 2. The molecule has 1 fully saturated rings. The third-order valence-corrected chi connectivity index (χ3v) is 9.87. The van der Waals surface area contributed by atoms with Crippen molar-refractivity contribution >= 4 is 22.7 Å². The number of methoxy groups -OCH3 is 1. The Labute approximate surface area is 273 Å². The van der Waals surface area contributed by atoms with Gasteiger partial charge >= 0.3 is 0 Å². The molecule has 9 nitrogen and oxygen atoms in total. The van der Waals surface area contributed by atoms with Crippen LogP contribution < -0.4 is 20.9 Å². The molecule has 0 aliphatic carbocycles. The first-order chi connectivity index (χ1) is 22.1. The number of aryl methyl sites for hydroxylation is 1. The number of benzene rings is 1. The molecule has 1 aromatic carbocycles. The first-order valence-electron chi connectivity index (χ1n) is 16.9. The number of hydrogen-bond acceptors (Lipinski definition) is 5. The van der Waals surface area contributed by atoms with Crippen molar-refractivity contribution in [3.05, 3.63) is 75.4 Å². The highest BCUT2D eigenvalue weighted by Crippen LogP contribution is 2.35. The summed E-state index contributed by atoms with van der Waals surface area (Å²) < 4.78 is 7.73. The van der Waals surface area contributed by atoms with Gasteiger partial charge in [0.15, 0.2) is 0 Å². The Balaban J connectivity index is 1.36. The largest absolute Gasteiger partial charge is 0.496 e. The molecule has 4 rings (SSSR count). The minimum atomic E-state index is -0.267. The highest BCUT2D eigenvalue weighted by Gasteiger charge is 2.29. The molecule has 0 saturated carbocycles. The van der Waals surface area contributed by atoms with Crippen LogP contribution in [-0.4, -0.2) is 59.6 Å². The number of aromatic amines is 1. The Kier molecular flexibility index (Phi) is 12.3. The molecule has 0 radical (unpaired) electrons. The van der Waals surface area contributed by atoms with E-state index in [0.717, 1.165) is 73.9 Å². The van der Waals surface area contributed by atoms with Crippen LogP contribution in [0.5, 0.6) is 5.75 Å². The molecule has 0 unspecified atom stereocenters. The number of amides is 2. The van der Waals surface area contributed by atoms with E-state index in [1.165, 1.54) is 7.11 Å². The van der Waals surface area contributed by atoms with E-state index in [4.69, 9.17) is 4.74 Å². The quantitative estimate of drug-likeness (QED) is 0.177. The van der Waals surface area contributed by atoms with E-state index < -0.39 is 0 Å². The molecule has 1 atom stereocenters. The van der Waals surface area contributed by atoms with Gasteiger partial charge in [0, 0.05) is 47.8 Å². The molecule has 250 valence electrons. The number of nitrogens with zero attached hydrogens (tertiary/aromatic N) is 2. The number of ether oxygens (including phenoxy) is 1. The van der Waals surface area contributed by atoms with Crippen LogP contribution in [0.1, 0.15) is 92.6 Å². The predicted molar refractivity (Wildman–Crippen MR) is 186 cm³/mol. The van der Waals surface area contributed by atoms with Gasteiger partial charge < -0.3 is 29.8 Å². The Morgan fingerprint density at radius 3 is 2.48 bits per heavy atom. The summed E-state index contributed by atoms with van der Waals surface area (Å²) in [5.74, 6) is 1.39. The van der Waals surface area contributed by atoms with Crippen LogP contribution in [0.3, 0.4) is 0 Å². The predicted octanol–water partition coefficient (Wildman–Crippen LogP) is 6.05. The van der Waals surface area contributed by atoms with E-state index in [1.807, 2.05) is 25.1 Å². The van der Waals surface area contributed by atoms with Crippen LogP contribution in [0.25, 0.3) is 10.9 Å². The molecule has 2 amide bonds. The fourth-order valence-corrected chi connectivity index (χ4v) is 7.07. The second-order valence-electron chi connectivity index (χ2n) is 12.9. The highest BCUT2D eigenvalue weighted by atomic mass is 16.5. The topological polar surface area (TPSA) is 108 Å². The molecule has 3 aromatic rings. The summed E-state index contributed by atoms with van der Waals surface area (Å²) in [4.78, 5) is 43.9. The number of para-hydroxylation sites is 1. The average molecular weight is 632 g/mol. The standard InChI is InChI=1S/C37H53N5O4/c1-8-28(9-2)20-24(3)21-34(43)38-16-19-41-17-14-29(15-18-41)26(5)42-27(6)35(30-12-10-11-13-32(30)42)37(45)39-23-31-33(46-7)22-25(4)40-36(31)44/h10-13,22,26,28-29H,3,8-9,14-21,23H2,1-2,4-7H3,(H,38,43)(H,39,45)(H,40,44)/t26-/m0/s1. The number of likely N-dealkylation sites (tertiary alicyclic amines) is 1. The lowest BCUT2D eigenvalue weighted by Crippen LogP contribution is -2.41. The summed E-state index contributed by atoms with van der Waals surface area (Å²) in [5, 5.41) is 6.98. The zero-order valence-corrected chi connectivity index (χ0v) is 28.6. The first-order valence-corrected chi connectivity index (χ1v) is 16.9. The van der Waals surface area contributed by atoms with Gasteiger partial charge in [0.25, 0.3) is 11.5 Å². The number of piperidine rings is 1. The van der Waals surface area contributed by atoms with Crippen LogP contribution in [0.4, 0.5) is 0 Å².